The zero-order valence-corrected chi connectivity index (χ0v) is 15.5. The Hall–Kier alpha value is -2.77. The summed E-state index contributed by atoms with van der Waals surface area (Å²) in [6.45, 7) is 2.24. The number of carbonyl (C=O) groups is 2. The minimum atomic E-state index is -0.245. The number of fused-ring (bicyclic) bond motifs is 2. The van der Waals surface area contributed by atoms with Crippen LogP contribution >= 0.6 is 11.6 Å². The molecule has 1 aromatic carbocycles. The third-order valence-electron chi connectivity index (χ3n) is 4.66. The molecular weight excluding hydrogens is 368 g/mol. The molecule has 0 fully saturated rings. The molecule has 0 saturated heterocycles. The third-order valence-corrected chi connectivity index (χ3v) is 4.96. The van der Waals surface area contributed by atoms with E-state index < -0.39 is 0 Å². The number of amides is 2. The molecule has 2 aliphatic heterocycles. The second-order valence-electron chi connectivity index (χ2n) is 6.47. The van der Waals surface area contributed by atoms with Gasteiger partial charge in [-0.1, -0.05) is 11.6 Å². The van der Waals surface area contributed by atoms with Crippen LogP contribution in [-0.2, 0) is 4.79 Å². The minimum absolute atomic E-state index is 0.105. The number of anilines is 1. The molecule has 4 rings (SSSR count). The Morgan fingerprint density at radius 1 is 1.19 bits per heavy atom. The number of carbonyl (C=O) groups excluding carboxylic acids is 2. The number of nitrogens with zero attached hydrogens (tertiary/aromatic N) is 1. The molecule has 2 aliphatic rings. The Morgan fingerprint density at radius 3 is 2.89 bits per heavy atom. The van der Waals surface area contributed by atoms with Gasteiger partial charge in [-0.3, -0.25) is 9.59 Å². The maximum atomic E-state index is 12.8. The van der Waals surface area contributed by atoms with Crippen LogP contribution in [0, 0.1) is 0 Å². The quantitative estimate of drug-likeness (QED) is 0.648. The van der Waals surface area contributed by atoms with Gasteiger partial charge in [-0.15, -0.1) is 0 Å². The average molecular weight is 387 g/mol. The first-order valence-electron chi connectivity index (χ1n) is 8.68. The number of rotatable bonds is 0. The van der Waals surface area contributed by atoms with Crippen molar-refractivity contribution in [1.29, 1.82) is 0 Å². The van der Waals surface area contributed by atoms with Crippen molar-refractivity contribution in [2.75, 3.05) is 38.6 Å². The van der Waals surface area contributed by atoms with Crippen LogP contribution in [0.15, 0.2) is 24.4 Å². The first kappa shape index (κ1) is 17.6. The first-order valence-corrected chi connectivity index (χ1v) is 9.05. The van der Waals surface area contributed by atoms with E-state index >= 15 is 0 Å². The molecule has 27 heavy (non-hydrogen) atoms. The average Bonchev–Trinajstić information content (AvgIpc) is 3.21. The monoisotopic (exact) mass is 386 g/mol. The number of likely N-dealkylation sites (N-methyl/N-ethyl adjacent to an activating group) is 1. The predicted octanol–water partition coefficient (Wildman–Crippen LogP) is 2.21. The van der Waals surface area contributed by atoms with Gasteiger partial charge in [0.1, 0.15) is 12.4 Å². The highest BCUT2D eigenvalue weighted by Crippen LogP contribution is 2.40. The Morgan fingerprint density at radius 2 is 2.04 bits per heavy atom. The van der Waals surface area contributed by atoms with E-state index in [0.717, 1.165) is 0 Å². The molecule has 1 aromatic heterocycles. The number of ether oxygens (including phenoxy) is 1. The normalized spacial score (nSPS) is 19.3. The number of hydrogen-bond acceptors (Lipinski definition) is 4. The molecule has 0 spiro atoms. The van der Waals surface area contributed by atoms with Crippen LogP contribution in [0.1, 0.15) is 21.6 Å². The van der Waals surface area contributed by atoms with Crippen LogP contribution in [0.4, 0.5) is 5.69 Å². The van der Waals surface area contributed by atoms with E-state index in [-0.39, 0.29) is 11.8 Å². The highest BCUT2D eigenvalue weighted by Gasteiger charge is 2.27. The molecule has 7 nitrogen and oxygen atoms in total. The maximum absolute atomic E-state index is 12.8. The lowest BCUT2D eigenvalue weighted by Crippen LogP contribution is -2.35. The van der Waals surface area contributed by atoms with Crippen molar-refractivity contribution < 1.29 is 14.3 Å². The Kier molecular flexibility index (Phi) is 4.63. The lowest BCUT2D eigenvalue weighted by atomic mass is 10.0. The predicted molar refractivity (Wildman–Crippen MR) is 104 cm³/mol. The molecular formula is C19H19ClN4O3. The van der Waals surface area contributed by atoms with Gasteiger partial charge in [-0.25, -0.2) is 0 Å². The van der Waals surface area contributed by atoms with E-state index in [1.165, 1.54) is 0 Å². The van der Waals surface area contributed by atoms with Gasteiger partial charge in [0.05, 0.1) is 27.5 Å². The second kappa shape index (κ2) is 7.09. The van der Waals surface area contributed by atoms with Crippen molar-refractivity contribution in [2.45, 2.75) is 0 Å². The van der Waals surface area contributed by atoms with Crippen LogP contribution in [-0.4, -0.2) is 55.0 Å². The molecule has 0 aliphatic carbocycles. The third kappa shape index (κ3) is 3.31. The number of aromatic amines is 1. The zero-order valence-electron chi connectivity index (χ0n) is 14.8. The summed E-state index contributed by atoms with van der Waals surface area (Å²) < 4.78 is 5.77. The second-order valence-corrected chi connectivity index (χ2v) is 6.88. The number of hydrogen-bond donors (Lipinski definition) is 3. The van der Waals surface area contributed by atoms with Gasteiger partial charge in [0.2, 0.25) is 0 Å². The summed E-state index contributed by atoms with van der Waals surface area (Å²) in [5.41, 5.74) is 2.89. The SMILES string of the molecule is CN1CCNCCOc2cc3c(cc2Cl)NC(=O)/C3=C\c2[nH]ccc2C1=O. The fourth-order valence-corrected chi connectivity index (χ4v) is 3.41. The number of aromatic nitrogens is 1. The van der Waals surface area contributed by atoms with Crippen LogP contribution < -0.4 is 15.4 Å². The number of halogens is 1. The number of H-pyrrole nitrogens is 1. The standard InChI is InChI=1S/C19H19ClN4O3/c1-24-6-4-21-5-7-27-17-9-12-13(18(25)23-16(12)10-14(17)20)8-15-11(19(24)26)2-3-22-15/h2-3,8-10,21-22H,4-7H2,1H3,(H,23,25)/b13-8-. The highest BCUT2D eigenvalue weighted by molar-refractivity contribution is 6.37. The topological polar surface area (TPSA) is 86.5 Å². The van der Waals surface area contributed by atoms with Crippen LogP contribution in [0.25, 0.3) is 11.6 Å². The van der Waals surface area contributed by atoms with E-state index in [4.69, 9.17) is 16.3 Å². The van der Waals surface area contributed by atoms with Crippen molar-refractivity contribution in [3.05, 3.63) is 46.2 Å². The van der Waals surface area contributed by atoms with Crippen molar-refractivity contribution in [3.8, 4) is 5.75 Å². The van der Waals surface area contributed by atoms with Gasteiger partial charge in [0.15, 0.2) is 0 Å². The lowest BCUT2D eigenvalue weighted by Gasteiger charge is -2.17. The van der Waals surface area contributed by atoms with Gasteiger partial charge >= 0.3 is 0 Å². The lowest BCUT2D eigenvalue weighted by molar-refractivity contribution is -0.110. The molecule has 0 unspecified atom stereocenters. The molecule has 3 N–H and O–H groups in total. The minimum Gasteiger partial charge on any atom is -0.491 e. The molecule has 0 atom stereocenters. The molecule has 2 amide bonds. The molecule has 8 heteroatoms. The fourth-order valence-electron chi connectivity index (χ4n) is 3.19. The van der Waals surface area contributed by atoms with E-state index in [2.05, 4.69) is 15.6 Å². The largest absolute Gasteiger partial charge is 0.491 e. The van der Waals surface area contributed by atoms with Crippen LogP contribution in [0.5, 0.6) is 5.75 Å². The van der Waals surface area contributed by atoms with Crippen molar-refractivity contribution in [1.82, 2.24) is 15.2 Å². The smallest absolute Gasteiger partial charge is 0.256 e. The van der Waals surface area contributed by atoms with Crippen molar-refractivity contribution in [3.63, 3.8) is 0 Å². The Labute approximate surface area is 161 Å². The van der Waals surface area contributed by atoms with Gasteiger partial charge in [-0.05, 0) is 24.3 Å². The van der Waals surface area contributed by atoms with E-state index in [1.807, 2.05) is 0 Å². The summed E-state index contributed by atoms with van der Waals surface area (Å²) in [6.07, 6.45) is 3.39. The number of benzene rings is 1. The molecule has 2 aromatic rings. The molecule has 140 valence electrons. The molecule has 2 bridgehead atoms. The number of nitrogens with one attached hydrogen (secondary N) is 3. The maximum Gasteiger partial charge on any atom is 0.256 e. The van der Waals surface area contributed by atoms with Crippen LogP contribution in [0.2, 0.25) is 5.02 Å². The summed E-state index contributed by atoms with van der Waals surface area (Å²) >= 11 is 6.29. The van der Waals surface area contributed by atoms with Gasteiger partial charge in [0.25, 0.3) is 11.8 Å². The van der Waals surface area contributed by atoms with Gasteiger partial charge < -0.3 is 25.3 Å². The highest BCUT2D eigenvalue weighted by atomic mass is 35.5. The van der Waals surface area contributed by atoms with E-state index in [9.17, 15) is 9.59 Å². The van der Waals surface area contributed by atoms with Crippen LogP contribution in [0.3, 0.4) is 0 Å². The summed E-state index contributed by atoms with van der Waals surface area (Å²) in [7, 11) is 1.76. The summed E-state index contributed by atoms with van der Waals surface area (Å²) in [5.74, 6) is 0.173. The van der Waals surface area contributed by atoms with Crippen molar-refractivity contribution in [2.24, 2.45) is 0 Å². The van der Waals surface area contributed by atoms with Crippen molar-refractivity contribution >= 4 is 40.8 Å². The van der Waals surface area contributed by atoms with E-state index in [1.54, 1.807) is 42.4 Å². The molecule has 3 heterocycles. The Bertz CT molecular complexity index is 950. The fraction of sp³-hybridized carbons (Fsp3) is 0.263. The van der Waals surface area contributed by atoms with Gasteiger partial charge in [0, 0.05) is 38.4 Å². The Balaban J connectivity index is 1.82. The van der Waals surface area contributed by atoms with E-state index in [0.29, 0.717) is 65.1 Å². The molecule has 0 radical (unpaired) electrons. The molecule has 0 saturated carbocycles. The first-order chi connectivity index (χ1) is 13.0. The zero-order chi connectivity index (χ0) is 19.0. The summed E-state index contributed by atoms with van der Waals surface area (Å²) in [5, 5.41) is 6.49. The summed E-state index contributed by atoms with van der Waals surface area (Å²) in [4.78, 5) is 29.9. The van der Waals surface area contributed by atoms with Gasteiger partial charge in [-0.2, -0.15) is 0 Å². The summed E-state index contributed by atoms with van der Waals surface area (Å²) in [6, 6.07) is 5.17.